The Morgan fingerprint density at radius 1 is 0.830 bits per heavy atom. The molecule has 0 saturated carbocycles. The summed E-state index contributed by atoms with van der Waals surface area (Å²) in [5.41, 5.74) is 0.954. The van der Waals surface area contributed by atoms with Crippen molar-refractivity contribution in [3.63, 3.8) is 0 Å². The molecule has 2 aliphatic heterocycles. The number of rotatable bonds is 9. The summed E-state index contributed by atoms with van der Waals surface area (Å²) in [5, 5.41) is 7.56. The molecule has 2 aromatic carbocycles. The van der Waals surface area contributed by atoms with Gasteiger partial charge in [0.2, 0.25) is 17.8 Å². The maximum Gasteiger partial charge on any atom is 0.414 e. The van der Waals surface area contributed by atoms with Crippen LogP contribution in [0.5, 0.6) is 0 Å². The lowest BCUT2D eigenvalue weighted by Crippen LogP contribution is -2.66. The lowest BCUT2D eigenvalue weighted by atomic mass is 9.85. The number of amides is 5. The predicted octanol–water partition coefficient (Wildman–Crippen LogP) is 3.17. The monoisotopic (exact) mass is 650 g/mol. The molecule has 0 radical (unpaired) electrons. The molecule has 252 valence electrons. The van der Waals surface area contributed by atoms with Crippen LogP contribution in [0.25, 0.3) is 0 Å². The van der Waals surface area contributed by atoms with Crippen LogP contribution in [-0.4, -0.2) is 90.2 Å². The van der Waals surface area contributed by atoms with Crippen molar-refractivity contribution in [3.8, 4) is 0 Å². The molecule has 47 heavy (non-hydrogen) atoms. The number of alkyl carbamates (subject to hydrolysis) is 2. The standard InChI is InChI=1S/C33H42N6O8/c1-33(2,3)47-32(44)39-19-17-38(18-20-39)28(41)26-25(27(40)35-26)15-10-16-34-29(36-30(42)45-21-23-11-6-4-7-12-23)37-31(43)46-22-24-13-8-5-9-14-24/h4-9,11-14,25-26H,10,15-22H2,1-3H3,(H,35,40)(H2,34,36,37,42,43)/t25-,26?/m1/s1. The van der Waals surface area contributed by atoms with Crippen molar-refractivity contribution in [2.75, 3.05) is 32.7 Å². The number of piperazine rings is 1. The number of nitrogens with one attached hydrogen (secondary N) is 3. The zero-order valence-corrected chi connectivity index (χ0v) is 26.9. The van der Waals surface area contributed by atoms with E-state index in [1.54, 1.807) is 54.8 Å². The van der Waals surface area contributed by atoms with E-state index in [0.717, 1.165) is 11.1 Å². The van der Waals surface area contributed by atoms with E-state index in [4.69, 9.17) is 14.2 Å². The Labute approximate surface area is 273 Å². The van der Waals surface area contributed by atoms with E-state index in [1.807, 2.05) is 36.4 Å². The molecule has 14 heteroatoms. The molecule has 0 aliphatic carbocycles. The van der Waals surface area contributed by atoms with Gasteiger partial charge in [0.15, 0.2) is 0 Å². The Kier molecular flexibility index (Phi) is 12.1. The van der Waals surface area contributed by atoms with Gasteiger partial charge < -0.3 is 29.3 Å². The minimum atomic E-state index is -0.827. The Hall–Kier alpha value is -5.14. The van der Waals surface area contributed by atoms with Gasteiger partial charge in [-0.05, 0) is 44.7 Å². The maximum atomic E-state index is 13.2. The molecule has 2 fully saturated rings. The van der Waals surface area contributed by atoms with Gasteiger partial charge in [0, 0.05) is 32.7 Å². The number of β-lactam (4-membered cyclic amide) rings is 1. The SMILES string of the molecule is CC(C)(C)OC(=O)N1CCN(C(=O)C2NC(=O)[C@@H]2CCCN=C(NC(=O)OCc2ccccc2)NC(=O)OCc2ccccc2)CC1. The molecular formula is C33H42N6O8. The van der Waals surface area contributed by atoms with Gasteiger partial charge >= 0.3 is 18.3 Å². The first-order valence-corrected chi connectivity index (χ1v) is 15.6. The number of guanidine groups is 1. The predicted molar refractivity (Wildman–Crippen MR) is 171 cm³/mol. The van der Waals surface area contributed by atoms with Gasteiger partial charge in [-0.1, -0.05) is 60.7 Å². The number of hydrogen-bond acceptors (Lipinski definition) is 9. The average Bonchev–Trinajstić information content (AvgIpc) is 3.05. The molecular weight excluding hydrogens is 608 g/mol. The summed E-state index contributed by atoms with van der Waals surface area (Å²) in [5.74, 6) is -1.15. The van der Waals surface area contributed by atoms with Gasteiger partial charge in [-0.15, -0.1) is 0 Å². The van der Waals surface area contributed by atoms with E-state index in [-0.39, 0.29) is 37.5 Å². The van der Waals surface area contributed by atoms with Crippen molar-refractivity contribution in [2.45, 2.75) is 58.5 Å². The fourth-order valence-electron chi connectivity index (χ4n) is 4.90. The first-order chi connectivity index (χ1) is 22.5. The van der Waals surface area contributed by atoms with Crippen LogP contribution < -0.4 is 16.0 Å². The summed E-state index contributed by atoms with van der Waals surface area (Å²) in [6, 6.07) is 17.5. The lowest BCUT2D eigenvalue weighted by molar-refractivity contribution is -0.150. The van der Waals surface area contributed by atoms with Gasteiger partial charge in [0.05, 0.1) is 5.92 Å². The van der Waals surface area contributed by atoms with Crippen LogP contribution in [0.2, 0.25) is 0 Å². The summed E-state index contributed by atoms with van der Waals surface area (Å²) < 4.78 is 15.9. The Balaban J connectivity index is 1.27. The molecule has 14 nitrogen and oxygen atoms in total. The van der Waals surface area contributed by atoms with Crippen molar-refractivity contribution in [1.29, 1.82) is 0 Å². The minimum Gasteiger partial charge on any atom is -0.444 e. The highest BCUT2D eigenvalue weighted by molar-refractivity contribution is 6.01. The molecule has 2 atom stereocenters. The van der Waals surface area contributed by atoms with Crippen molar-refractivity contribution < 1.29 is 38.2 Å². The van der Waals surface area contributed by atoms with E-state index < -0.39 is 35.8 Å². The molecule has 2 aliphatic rings. The maximum absolute atomic E-state index is 13.2. The van der Waals surface area contributed by atoms with Crippen LogP contribution in [0.1, 0.15) is 44.7 Å². The molecule has 3 N–H and O–H groups in total. The summed E-state index contributed by atoms with van der Waals surface area (Å²) in [6.07, 6.45) is -1.33. The third kappa shape index (κ3) is 11.0. The van der Waals surface area contributed by atoms with E-state index >= 15 is 0 Å². The second-order valence-corrected chi connectivity index (χ2v) is 12.1. The number of carbonyl (C=O) groups is 5. The van der Waals surface area contributed by atoms with Crippen LogP contribution in [0.15, 0.2) is 65.7 Å². The molecule has 4 rings (SSSR count). The van der Waals surface area contributed by atoms with Gasteiger partial charge in [-0.25, -0.2) is 14.4 Å². The van der Waals surface area contributed by atoms with Gasteiger partial charge in [0.25, 0.3) is 0 Å². The zero-order valence-electron chi connectivity index (χ0n) is 26.9. The highest BCUT2D eigenvalue weighted by Crippen LogP contribution is 2.23. The first kappa shape index (κ1) is 34.7. The van der Waals surface area contributed by atoms with Crippen LogP contribution in [0, 0.1) is 5.92 Å². The van der Waals surface area contributed by atoms with E-state index in [9.17, 15) is 24.0 Å². The number of hydrogen-bond donors (Lipinski definition) is 3. The minimum absolute atomic E-state index is 0.0146. The summed E-state index contributed by atoms with van der Waals surface area (Å²) >= 11 is 0. The van der Waals surface area contributed by atoms with Crippen molar-refractivity contribution in [1.82, 2.24) is 25.8 Å². The second-order valence-electron chi connectivity index (χ2n) is 12.1. The lowest BCUT2D eigenvalue weighted by Gasteiger charge is -2.41. The summed E-state index contributed by atoms with van der Waals surface area (Å²) in [4.78, 5) is 70.4. The van der Waals surface area contributed by atoms with E-state index in [1.165, 1.54) is 0 Å². The normalized spacial score (nSPS) is 17.4. The number of benzene rings is 2. The highest BCUT2D eigenvalue weighted by Gasteiger charge is 2.45. The molecule has 2 saturated heterocycles. The smallest absolute Gasteiger partial charge is 0.414 e. The number of carbonyl (C=O) groups excluding carboxylic acids is 5. The topological polar surface area (TPSA) is 168 Å². The zero-order chi connectivity index (χ0) is 33.8. The summed E-state index contributed by atoms with van der Waals surface area (Å²) in [6.45, 7) is 6.90. The van der Waals surface area contributed by atoms with E-state index in [2.05, 4.69) is 20.9 Å². The fraction of sp³-hybridized carbons (Fsp3) is 0.455. The number of ether oxygens (including phenoxy) is 3. The second kappa shape index (κ2) is 16.4. The van der Waals surface area contributed by atoms with Crippen LogP contribution in [0.3, 0.4) is 0 Å². The molecule has 0 spiro atoms. The van der Waals surface area contributed by atoms with Gasteiger partial charge in [0.1, 0.15) is 24.9 Å². The van der Waals surface area contributed by atoms with Crippen molar-refractivity contribution in [3.05, 3.63) is 71.8 Å². The quantitative estimate of drug-likeness (QED) is 0.122. The van der Waals surface area contributed by atoms with Crippen molar-refractivity contribution in [2.24, 2.45) is 10.9 Å². The molecule has 5 amide bonds. The molecule has 2 heterocycles. The van der Waals surface area contributed by atoms with Crippen LogP contribution in [-0.2, 0) is 37.0 Å². The average molecular weight is 651 g/mol. The van der Waals surface area contributed by atoms with Crippen molar-refractivity contribution >= 4 is 36.1 Å². The third-order valence-corrected chi connectivity index (χ3v) is 7.36. The molecule has 0 bridgehead atoms. The Morgan fingerprint density at radius 3 is 1.83 bits per heavy atom. The molecule has 1 unspecified atom stereocenters. The van der Waals surface area contributed by atoms with Crippen LogP contribution in [0.4, 0.5) is 14.4 Å². The van der Waals surface area contributed by atoms with Gasteiger partial charge in [-0.2, -0.15) is 0 Å². The Morgan fingerprint density at radius 2 is 1.34 bits per heavy atom. The fourth-order valence-corrected chi connectivity index (χ4v) is 4.90. The van der Waals surface area contributed by atoms with Gasteiger partial charge in [-0.3, -0.25) is 25.2 Å². The Bertz CT molecular complexity index is 1360. The summed E-state index contributed by atoms with van der Waals surface area (Å²) in [7, 11) is 0. The molecule has 2 aromatic rings. The molecule has 0 aromatic heterocycles. The van der Waals surface area contributed by atoms with E-state index in [0.29, 0.717) is 39.0 Å². The third-order valence-electron chi connectivity index (χ3n) is 7.36. The number of aliphatic imine (C=N–C) groups is 1. The van der Waals surface area contributed by atoms with Crippen LogP contribution >= 0.6 is 0 Å². The largest absolute Gasteiger partial charge is 0.444 e. The highest BCUT2D eigenvalue weighted by atomic mass is 16.6. The first-order valence-electron chi connectivity index (χ1n) is 15.6. The number of nitrogens with zero attached hydrogens (tertiary/aromatic N) is 3.